The molecule has 1 aromatic carbocycles. The summed E-state index contributed by atoms with van der Waals surface area (Å²) in [6.07, 6.45) is 2.97. The summed E-state index contributed by atoms with van der Waals surface area (Å²) in [5.41, 5.74) is 2.90. The van der Waals surface area contributed by atoms with Crippen LogP contribution in [0.4, 0.5) is 0 Å². The highest BCUT2D eigenvalue weighted by atomic mass is 32.2. The predicted octanol–water partition coefficient (Wildman–Crippen LogP) is 3.06. The Bertz CT molecular complexity index is 527. The molecule has 1 aromatic heterocycles. The fourth-order valence-corrected chi connectivity index (χ4v) is 3.85. The number of aromatic nitrogens is 1. The molecule has 0 aliphatic heterocycles. The van der Waals surface area contributed by atoms with Gasteiger partial charge in [0.25, 0.3) is 0 Å². The maximum Gasteiger partial charge on any atom is 0.0963 e. The highest BCUT2D eigenvalue weighted by Crippen LogP contribution is 2.40. The van der Waals surface area contributed by atoms with Crippen LogP contribution < -0.4 is 5.32 Å². The van der Waals surface area contributed by atoms with Crippen LogP contribution in [0.1, 0.15) is 17.2 Å². The van der Waals surface area contributed by atoms with Gasteiger partial charge in [-0.3, -0.25) is 0 Å². The van der Waals surface area contributed by atoms with Crippen LogP contribution in [0.25, 0.3) is 0 Å². The third-order valence-electron chi connectivity index (χ3n) is 3.40. The van der Waals surface area contributed by atoms with Crippen molar-refractivity contribution in [2.75, 3.05) is 7.05 Å². The SMILES string of the molecule is CNC1c2ccccc2CC1Sc1ccccn1. The van der Waals surface area contributed by atoms with E-state index in [4.69, 9.17) is 0 Å². The van der Waals surface area contributed by atoms with E-state index < -0.39 is 0 Å². The van der Waals surface area contributed by atoms with Gasteiger partial charge in [0.15, 0.2) is 0 Å². The lowest BCUT2D eigenvalue weighted by atomic mass is 10.1. The van der Waals surface area contributed by atoms with Crippen molar-refractivity contribution in [2.24, 2.45) is 0 Å². The molecule has 0 saturated carbocycles. The third-order valence-corrected chi connectivity index (χ3v) is 4.63. The van der Waals surface area contributed by atoms with Crippen molar-refractivity contribution in [1.82, 2.24) is 10.3 Å². The molecular weight excluding hydrogens is 240 g/mol. The van der Waals surface area contributed by atoms with E-state index in [1.807, 2.05) is 37.1 Å². The number of nitrogens with zero attached hydrogens (tertiary/aromatic N) is 1. The fraction of sp³-hybridized carbons (Fsp3) is 0.267. The smallest absolute Gasteiger partial charge is 0.0963 e. The first-order valence-electron chi connectivity index (χ1n) is 6.21. The van der Waals surface area contributed by atoms with Crippen molar-refractivity contribution in [1.29, 1.82) is 0 Å². The molecule has 1 heterocycles. The summed E-state index contributed by atoms with van der Waals surface area (Å²) in [7, 11) is 2.04. The van der Waals surface area contributed by atoms with Crippen molar-refractivity contribution in [3.8, 4) is 0 Å². The molecule has 1 aliphatic rings. The first kappa shape index (κ1) is 11.8. The second-order valence-electron chi connectivity index (χ2n) is 4.49. The molecule has 0 fully saturated rings. The molecule has 3 heteroatoms. The second kappa shape index (κ2) is 5.12. The van der Waals surface area contributed by atoms with Crippen molar-refractivity contribution < 1.29 is 0 Å². The van der Waals surface area contributed by atoms with Gasteiger partial charge in [-0.15, -0.1) is 11.8 Å². The summed E-state index contributed by atoms with van der Waals surface area (Å²) in [6, 6.07) is 15.2. The molecule has 0 radical (unpaired) electrons. The van der Waals surface area contributed by atoms with Gasteiger partial charge in [0, 0.05) is 17.5 Å². The number of rotatable bonds is 3. The molecule has 18 heavy (non-hydrogen) atoms. The molecule has 92 valence electrons. The lowest BCUT2D eigenvalue weighted by Crippen LogP contribution is -2.23. The standard InChI is InChI=1S/C15H16N2S/c1-16-15-12-7-3-2-6-11(12)10-13(15)18-14-8-4-5-9-17-14/h2-9,13,15-16H,10H2,1H3. The van der Waals surface area contributed by atoms with Gasteiger partial charge in [0.2, 0.25) is 0 Å². The first-order chi connectivity index (χ1) is 8.88. The van der Waals surface area contributed by atoms with Crippen LogP contribution >= 0.6 is 11.8 Å². The number of hydrogen-bond acceptors (Lipinski definition) is 3. The van der Waals surface area contributed by atoms with Gasteiger partial charge in [-0.25, -0.2) is 4.98 Å². The van der Waals surface area contributed by atoms with Crippen molar-refractivity contribution in [2.45, 2.75) is 22.7 Å². The number of fused-ring (bicyclic) bond motifs is 1. The van der Waals surface area contributed by atoms with Crippen LogP contribution in [-0.2, 0) is 6.42 Å². The Morgan fingerprint density at radius 3 is 2.78 bits per heavy atom. The lowest BCUT2D eigenvalue weighted by molar-refractivity contribution is 0.603. The molecule has 2 unspecified atom stereocenters. The molecule has 2 atom stereocenters. The Hall–Kier alpha value is -1.32. The fourth-order valence-electron chi connectivity index (χ4n) is 2.58. The Morgan fingerprint density at radius 2 is 2.00 bits per heavy atom. The van der Waals surface area contributed by atoms with Crippen LogP contribution in [0.2, 0.25) is 0 Å². The molecular formula is C15H16N2S. The minimum atomic E-state index is 0.424. The highest BCUT2D eigenvalue weighted by Gasteiger charge is 2.31. The van der Waals surface area contributed by atoms with Crippen LogP contribution in [0.15, 0.2) is 53.7 Å². The number of thioether (sulfide) groups is 1. The van der Waals surface area contributed by atoms with Gasteiger partial charge in [-0.05, 0) is 36.7 Å². The summed E-state index contributed by atoms with van der Waals surface area (Å²) in [5, 5.41) is 5.08. The van der Waals surface area contributed by atoms with Gasteiger partial charge < -0.3 is 5.32 Å². The molecule has 0 saturated heterocycles. The van der Waals surface area contributed by atoms with E-state index in [1.54, 1.807) is 0 Å². The first-order valence-corrected chi connectivity index (χ1v) is 7.09. The van der Waals surface area contributed by atoms with E-state index >= 15 is 0 Å². The zero-order valence-electron chi connectivity index (χ0n) is 10.3. The molecule has 1 aliphatic carbocycles. The molecule has 1 N–H and O–H groups in total. The van der Waals surface area contributed by atoms with Crippen LogP contribution in [0, 0.1) is 0 Å². The van der Waals surface area contributed by atoms with Crippen molar-refractivity contribution in [3.05, 3.63) is 59.8 Å². The summed E-state index contributed by atoms with van der Waals surface area (Å²) >= 11 is 1.87. The van der Waals surface area contributed by atoms with E-state index in [0.717, 1.165) is 11.4 Å². The Kier molecular flexibility index (Phi) is 3.35. The van der Waals surface area contributed by atoms with Crippen molar-refractivity contribution in [3.63, 3.8) is 0 Å². The van der Waals surface area contributed by atoms with E-state index in [-0.39, 0.29) is 0 Å². The van der Waals surface area contributed by atoms with E-state index in [1.165, 1.54) is 11.1 Å². The summed E-state index contributed by atoms with van der Waals surface area (Å²) in [4.78, 5) is 4.41. The Labute approximate surface area is 112 Å². The normalized spacial score (nSPS) is 21.8. The minimum absolute atomic E-state index is 0.424. The number of hydrogen-bond donors (Lipinski definition) is 1. The second-order valence-corrected chi connectivity index (χ2v) is 5.75. The average molecular weight is 256 g/mol. The monoisotopic (exact) mass is 256 g/mol. The summed E-state index contributed by atoms with van der Waals surface area (Å²) in [5.74, 6) is 0. The minimum Gasteiger partial charge on any atom is -0.312 e. The number of nitrogens with one attached hydrogen (secondary N) is 1. The largest absolute Gasteiger partial charge is 0.312 e. The molecule has 0 spiro atoms. The van der Waals surface area contributed by atoms with E-state index in [2.05, 4.69) is 40.6 Å². The van der Waals surface area contributed by atoms with E-state index in [0.29, 0.717) is 11.3 Å². The summed E-state index contributed by atoms with van der Waals surface area (Å²) < 4.78 is 0. The topological polar surface area (TPSA) is 24.9 Å². The maximum absolute atomic E-state index is 4.41. The molecule has 0 bridgehead atoms. The average Bonchev–Trinajstić information content (AvgIpc) is 2.77. The molecule has 2 nitrogen and oxygen atoms in total. The molecule has 0 amide bonds. The van der Waals surface area contributed by atoms with E-state index in [9.17, 15) is 0 Å². The van der Waals surface area contributed by atoms with Gasteiger partial charge in [-0.1, -0.05) is 30.3 Å². The van der Waals surface area contributed by atoms with Crippen molar-refractivity contribution >= 4 is 11.8 Å². The zero-order chi connectivity index (χ0) is 12.4. The third kappa shape index (κ3) is 2.16. The van der Waals surface area contributed by atoms with Crippen LogP contribution in [0.5, 0.6) is 0 Å². The quantitative estimate of drug-likeness (QED) is 0.913. The van der Waals surface area contributed by atoms with Crippen LogP contribution in [-0.4, -0.2) is 17.3 Å². The van der Waals surface area contributed by atoms with Gasteiger partial charge in [0.05, 0.1) is 5.03 Å². The van der Waals surface area contributed by atoms with Gasteiger partial charge in [0.1, 0.15) is 0 Å². The number of benzene rings is 1. The van der Waals surface area contributed by atoms with Gasteiger partial charge in [-0.2, -0.15) is 0 Å². The number of pyridine rings is 1. The maximum atomic E-state index is 4.41. The summed E-state index contributed by atoms with van der Waals surface area (Å²) in [6.45, 7) is 0. The lowest BCUT2D eigenvalue weighted by Gasteiger charge is -2.18. The zero-order valence-corrected chi connectivity index (χ0v) is 11.2. The van der Waals surface area contributed by atoms with Crippen LogP contribution in [0.3, 0.4) is 0 Å². The molecule has 3 rings (SSSR count). The molecule has 2 aromatic rings. The Morgan fingerprint density at radius 1 is 1.17 bits per heavy atom. The Balaban J connectivity index is 1.83. The van der Waals surface area contributed by atoms with Gasteiger partial charge >= 0.3 is 0 Å². The highest BCUT2D eigenvalue weighted by molar-refractivity contribution is 7.99. The predicted molar refractivity (Wildman–Crippen MR) is 75.8 cm³/mol.